The maximum absolute atomic E-state index is 13.3. The van der Waals surface area contributed by atoms with Gasteiger partial charge in [-0.15, -0.1) is 0 Å². The number of methoxy groups -OCH3 is 2. The third kappa shape index (κ3) is 3.09. The molecule has 5 nitrogen and oxygen atoms in total. The van der Waals surface area contributed by atoms with E-state index in [1.807, 2.05) is 0 Å². The van der Waals surface area contributed by atoms with Gasteiger partial charge in [-0.3, -0.25) is 9.59 Å². The monoisotopic (exact) mass is 369 g/mol. The van der Waals surface area contributed by atoms with Crippen LogP contribution in [0.25, 0.3) is 5.69 Å². The van der Waals surface area contributed by atoms with Gasteiger partial charge in [-0.25, -0.2) is 0 Å². The number of hydrogen-bond donors (Lipinski definition) is 0. The van der Waals surface area contributed by atoms with Crippen LogP contribution in [0.15, 0.2) is 54.7 Å². The molecule has 2 aromatic carbocycles. The van der Waals surface area contributed by atoms with Crippen LogP contribution in [-0.4, -0.2) is 30.9 Å². The van der Waals surface area contributed by atoms with E-state index in [4.69, 9.17) is 21.1 Å². The highest BCUT2D eigenvalue weighted by Crippen LogP contribution is 2.34. The molecule has 0 spiro atoms. The third-order valence-electron chi connectivity index (χ3n) is 4.01. The van der Waals surface area contributed by atoms with Crippen molar-refractivity contribution in [2.24, 2.45) is 0 Å². The second-order valence-electron chi connectivity index (χ2n) is 5.45. The number of carbonyl (C=O) groups excluding carboxylic acids is 2. The van der Waals surface area contributed by atoms with E-state index in [2.05, 4.69) is 0 Å². The quantitative estimate of drug-likeness (QED) is 0.483. The Labute approximate surface area is 155 Å². The molecule has 0 aliphatic rings. The Morgan fingerprint density at radius 1 is 1.04 bits per heavy atom. The largest absolute Gasteiger partial charge is 0.493 e. The molecule has 3 rings (SSSR count). The first-order chi connectivity index (χ1) is 12.6. The van der Waals surface area contributed by atoms with Crippen LogP contribution < -0.4 is 9.47 Å². The van der Waals surface area contributed by atoms with Gasteiger partial charge in [-0.2, -0.15) is 0 Å². The number of rotatable bonds is 6. The average molecular weight is 370 g/mol. The normalized spacial score (nSPS) is 10.4. The van der Waals surface area contributed by atoms with Crippen LogP contribution >= 0.6 is 11.6 Å². The van der Waals surface area contributed by atoms with Crippen molar-refractivity contribution in [2.45, 2.75) is 0 Å². The summed E-state index contributed by atoms with van der Waals surface area (Å²) in [5, 5.41) is 0.416. The third-order valence-corrected chi connectivity index (χ3v) is 4.25. The van der Waals surface area contributed by atoms with Crippen molar-refractivity contribution in [3.63, 3.8) is 0 Å². The second kappa shape index (κ2) is 7.45. The number of aldehydes is 1. The van der Waals surface area contributed by atoms with Gasteiger partial charge in [0.1, 0.15) is 0 Å². The van der Waals surface area contributed by atoms with Crippen LogP contribution in [-0.2, 0) is 0 Å². The maximum Gasteiger partial charge on any atom is 0.199 e. The summed E-state index contributed by atoms with van der Waals surface area (Å²) >= 11 is 6.13. The van der Waals surface area contributed by atoms with Crippen LogP contribution in [0.4, 0.5) is 0 Å². The fourth-order valence-corrected chi connectivity index (χ4v) is 2.99. The van der Waals surface area contributed by atoms with E-state index in [0.29, 0.717) is 39.0 Å². The number of hydrogen-bond acceptors (Lipinski definition) is 4. The number of aromatic nitrogens is 1. The zero-order chi connectivity index (χ0) is 18.7. The molecule has 0 saturated carbocycles. The van der Waals surface area contributed by atoms with Crippen LogP contribution in [0.5, 0.6) is 11.5 Å². The number of para-hydroxylation sites is 1. The molecule has 0 aliphatic carbocycles. The first-order valence-electron chi connectivity index (χ1n) is 7.79. The Hall–Kier alpha value is -3.05. The lowest BCUT2D eigenvalue weighted by Gasteiger charge is -2.15. The summed E-state index contributed by atoms with van der Waals surface area (Å²) < 4.78 is 12.3. The van der Waals surface area contributed by atoms with Crippen molar-refractivity contribution in [2.75, 3.05) is 14.2 Å². The molecule has 0 bridgehead atoms. The summed E-state index contributed by atoms with van der Waals surface area (Å²) in [5.74, 6) is 0.509. The number of halogens is 1. The van der Waals surface area contributed by atoms with E-state index >= 15 is 0 Å². The van der Waals surface area contributed by atoms with E-state index in [0.717, 1.165) is 6.29 Å². The molecule has 1 heterocycles. The fraction of sp³-hybridized carbons (Fsp3) is 0.100. The Morgan fingerprint density at radius 3 is 2.54 bits per heavy atom. The second-order valence-corrected chi connectivity index (χ2v) is 5.89. The number of ketones is 1. The van der Waals surface area contributed by atoms with Crippen molar-refractivity contribution in [3.8, 4) is 17.2 Å². The molecule has 0 aliphatic heterocycles. The van der Waals surface area contributed by atoms with E-state index in [1.165, 1.54) is 14.2 Å². The summed E-state index contributed by atoms with van der Waals surface area (Å²) in [6, 6.07) is 13.4. The van der Waals surface area contributed by atoms with E-state index in [9.17, 15) is 9.59 Å². The summed E-state index contributed by atoms with van der Waals surface area (Å²) in [6.07, 6.45) is 2.45. The van der Waals surface area contributed by atoms with Crippen LogP contribution in [0.3, 0.4) is 0 Å². The molecule has 0 fully saturated rings. The lowest BCUT2D eigenvalue weighted by atomic mass is 10.00. The fourth-order valence-electron chi connectivity index (χ4n) is 2.82. The van der Waals surface area contributed by atoms with Gasteiger partial charge in [0.2, 0.25) is 0 Å². The van der Waals surface area contributed by atoms with Gasteiger partial charge in [-0.05, 0) is 42.5 Å². The van der Waals surface area contributed by atoms with Crippen LogP contribution in [0, 0.1) is 0 Å². The molecule has 26 heavy (non-hydrogen) atoms. The van der Waals surface area contributed by atoms with Crippen molar-refractivity contribution in [1.29, 1.82) is 0 Å². The zero-order valence-electron chi connectivity index (χ0n) is 14.2. The Balaban J connectivity index is 2.20. The number of carbonyl (C=O) groups is 2. The molecule has 3 aromatic rings. The highest BCUT2D eigenvalue weighted by Gasteiger charge is 2.22. The molecule has 132 valence electrons. The van der Waals surface area contributed by atoms with Gasteiger partial charge < -0.3 is 14.0 Å². The molecule has 0 N–H and O–H groups in total. The smallest absolute Gasteiger partial charge is 0.199 e. The summed E-state index contributed by atoms with van der Waals surface area (Å²) in [7, 11) is 2.98. The summed E-state index contributed by atoms with van der Waals surface area (Å²) in [5.41, 5.74) is 1.67. The molecule has 1 aromatic heterocycles. The van der Waals surface area contributed by atoms with Gasteiger partial charge in [0, 0.05) is 16.8 Å². The Kier molecular flexibility index (Phi) is 5.09. The molecule has 0 radical (unpaired) electrons. The van der Waals surface area contributed by atoms with Gasteiger partial charge in [-0.1, -0.05) is 17.7 Å². The lowest BCUT2D eigenvalue weighted by molar-refractivity contribution is 0.103. The SMILES string of the molecule is COc1cccc(C(=O)c2cc(Cl)ccc2-n2cccc2C=O)c1OC. The average Bonchev–Trinajstić information content (AvgIpc) is 3.15. The molecular weight excluding hydrogens is 354 g/mol. The molecular formula is C20H16ClNO4. The minimum Gasteiger partial charge on any atom is -0.493 e. The maximum atomic E-state index is 13.3. The molecule has 0 unspecified atom stereocenters. The van der Waals surface area contributed by atoms with E-state index in [1.54, 1.807) is 59.3 Å². The van der Waals surface area contributed by atoms with E-state index < -0.39 is 0 Å². The molecule has 6 heteroatoms. The van der Waals surface area contributed by atoms with Gasteiger partial charge in [0.05, 0.1) is 31.2 Å². The minimum atomic E-state index is -0.288. The molecule has 0 atom stereocenters. The van der Waals surface area contributed by atoms with Crippen molar-refractivity contribution < 1.29 is 19.1 Å². The Bertz CT molecular complexity index is 978. The topological polar surface area (TPSA) is 57.5 Å². The first kappa shape index (κ1) is 17.8. The number of nitrogens with zero attached hydrogens (tertiary/aromatic N) is 1. The van der Waals surface area contributed by atoms with Gasteiger partial charge in [0.15, 0.2) is 23.6 Å². The zero-order valence-corrected chi connectivity index (χ0v) is 15.0. The number of benzene rings is 2. The minimum absolute atomic E-state index is 0.288. The van der Waals surface area contributed by atoms with Crippen molar-refractivity contribution in [3.05, 3.63) is 76.6 Å². The predicted octanol–water partition coefficient (Wildman–Crippen LogP) is 4.19. The molecule has 0 saturated heterocycles. The molecule has 0 amide bonds. The van der Waals surface area contributed by atoms with Crippen LogP contribution in [0.1, 0.15) is 26.4 Å². The van der Waals surface area contributed by atoms with Crippen molar-refractivity contribution in [1.82, 2.24) is 4.57 Å². The standard InChI is InChI=1S/C20H16ClNO4/c1-25-18-7-3-6-15(20(18)26-2)19(24)16-11-13(21)8-9-17(16)22-10-4-5-14(22)12-23/h3-12H,1-2H3. The van der Waals surface area contributed by atoms with E-state index in [-0.39, 0.29) is 5.78 Å². The van der Waals surface area contributed by atoms with Crippen molar-refractivity contribution >= 4 is 23.7 Å². The predicted molar refractivity (Wildman–Crippen MR) is 99.1 cm³/mol. The first-order valence-corrected chi connectivity index (χ1v) is 8.16. The van der Waals surface area contributed by atoms with Gasteiger partial charge >= 0.3 is 0 Å². The lowest BCUT2D eigenvalue weighted by Crippen LogP contribution is -2.10. The number of ether oxygens (including phenoxy) is 2. The Morgan fingerprint density at radius 2 is 1.85 bits per heavy atom. The highest BCUT2D eigenvalue weighted by molar-refractivity contribution is 6.31. The van der Waals surface area contributed by atoms with Crippen LogP contribution in [0.2, 0.25) is 5.02 Å². The summed E-state index contributed by atoms with van der Waals surface area (Å²) in [6.45, 7) is 0. The summed E-state index contributed by atoms with van der Waals surface area (Å²) in [4.78, 5) is 24.6. The van der Waals surface area contributed by atoms with Gasteiger partial charge in [0.25, 0.3) is 0 Å². The highest BCUT2D eigenvalue weighted by atomic mass is 35.5.